The Hall–Kier alpha value is -2.02. The van der Waals surface area contributed by atoms with Gasteiger partial charge in [0, 0.05) is 6.07 Å². The molecule has 2 rings (SSSR count). The number of carboxylic acid groups (broad SMARTS) is 1. The predicted molar refractivity (Wildman–Crippen MR) is 63.5 cm³/mol. The smallest absolute Gasteiger partial charge is 0.340 e. The molecule has 0 aliphatic heterocycles. The SMILES string of the molecule is Cc1nsc(Nc2cc(F)ccc2F)c1C(=O)O. The van der Waals surface area contributed by atoms with E-state index in [2.05, 4.69) is 9.69 Å². The van der Waals surface area contributed by atoms with Crippen LogP contribution in [-0.2, 0) is 0 Å². The number of halogens is 2. The van der Waals surface area contributed by atoms with Gasteiger partial charge in [-0.25, -0.2) is 13.6 Å². The number of carboxylic acids is 1. The Labute approximate surface area is 105 Å². The van der Waals surface area contributed by atoms with Gasteiger partial charge in [-0.1, -0.05) is 0 Å². The van der Waals surface area contributed by atoms with Crippen LogP contribution in [0.1, 0.15) is 16.1 Å². The van der Waals surface area contributed by atoms with Crippen LogP contribution in [0.5, 0.6) is 0 Å². The van der Waals surface area contributed by atoms with E-state index in [1.165, 1.54) is 6.92 Å². The van der Waals surface area contributed by atoms with Crippen LogP contribution in [0.25, 0.3) is 0 Å². The summed E-state index contributed by atoms with van der Waals surface area (Å²) in [6.07, 6.45) is 0. The van der Waals surface area contributed by atoms with Crippen molar-refractivity contribution in [3.05, 3.63) is 41.1 Å². The first-order valence-electron chi connectivity index (χ1n) is 4.90. The zero-order valence-electron chi connectivity index (χ0n) is 9.20. The molecule has 0 saturated heterocycles. The van der Waals surface area contributed by atoms with Gasteiger partial charge in [0.05, 0.1) is 11.4 Å². The quantitative estimate of drug-likeness (QED) is 0.899. The number of rotatable bonds is 3. The van der Waals surface area contributed by atoms with Crippen LogP contribution in [0.3, 0.4) is 0 Å². The van der Waals surface area contributed by atoms with Gasteiger partial charge in [-0.05, 0) is 30.6 Å². The van der Waals surface area contributed by atoms with Crippen molar-refractivity contribution in [3.63, 3.8) is 0 Å². The summed E-state index contributed by atoms with van der Waals surface area (Å²) in [5, 5.41) is 11.7. The molecule has 0 aliphatic rings. The first-order chi connectivity index (χ1) is 8.49. The van der Waals surface area contributed by atoms with Crippen molar-refractivity contribution in [2.45, 2.75) is 6.92 Å². The second-order valence-corrected chi connectivity index (χ2v) is 4.30. The number of carbonyl (C=O) groups is 1. The molecule has 0 saturated carbocycles. The van der Waals surface area contributed by atoms with Crippen LogP contribution in [0.15, 0.2) is 18.2 Å². The monoisotopic (exact) mass is 270 g/mol. The van der Waals surface area contributed by atoms with E-state index in [0.717, 1.165) is 29.7 Å². The maximum atomic E-state index is 13.4. The number of aromatic carboxylic acids is 1. The minimum absolute atomic E-state index is 0.0383. The highest BCUT2D eigenvalue weighted by Crippen LogP contribution is 2.29. The van der Waals surface area contributed by atoms with E-state index in [9.17, 15) is 13.6 Å². The Morgan fingerprint density at radius 3 is 2.83 bits per heavy atom. The predicted octanol–water partition coefficient (Wildman–Crippen LogP) is 3.17. The number of hydrogen-bond donors (Lipinski definition) is 2. The van der Waals surface area contributed by atoms with E-state index in [1.54, 1.807) is 0 Å². The van der Waals surface area contributed by atoms with E-state index < -0.39 is 17.6 Å². The molecule has 18 heavy (non-hydrogen) atoms. The summed E-state index contributed by atoms with van der Waals surface area (Å²) in [5.74, 6) is -2.45. The molecule has 0 fully saturated rings. The fourth-order valence-electron chi connectivity index (χ4n) is 1.42. The van der Waals surface area contributed by atoms with Gasteiger partial charge in [-0.15, -0.1) is 0 Å². The number of nitrogens with one attached hydrogen (secondary N) is 1. The molecule has 1 heterocycles. The van der Waals surface area contributed by atoms with Crippen molar-refractivity contribution in [3.8, 4) is 0 Å². The first-order valence-corrected chi connectivity index (χ1v) is 5.68. The zero-order valence-corrected chi connectivity index (χ0v) is 10.0. The summed E-state index contributed by atoms with van der Waals surface area (Å²) < 4.78 is 30.2. The summed E-state index contributed by atoms with van der Waals surface area (Å²) in [6, 6.07) is 2.90. The lowest BCUT2D eigenvalue weighted by atomic mass is 10.2. The Balaban J connectivity index is 2.40. The molecule has 0 bridgehead atoms. The lowest BCUT2D eigenvalue weighted by Crippen LogP contribution is -2.02. The minimum Gasteiger partial charge on any atom is -0.478 e. The van der Waals surface area contributed by atoms with Crippen LogP contribution in [0, 0.1) is 18.6 Å². The highest BCUT2D eigenvalue weighted by atomic mass is 32.1. The highest BCUT2D eigenvalue weighted by Gasteiger charge is 2.18. The van der Waals surface area contributed by atoms with Crippen LogP contribution in [0.2, 0.25) is 0 Å². The molecule has 0 spiro atoms. The van der Waals surface area contributed by atoms with Crippen molar-refractivity contribution < 1.29 is 18.7 Å². The van der Waals surface area contributed by atoms with Crippen molar-refractivity contribution in [2.24, 2.45) is 0 Å². The molecule has 1 aromatic carbocycles. The van der Waals surface area contributed by atoms with Crippen LogP contribution in [0.4, 0.5) is 19.5 Å². The standard InChI is InChI=1S/C11H8F2N2O2S/c1-5-9(11(16)17)10(18-15-5)14-8-4-6(12)2-3-7(8)13/h2-4,14H,1H3,(H,16,17). The summed E-state index contributed by atoms with van der Waals surface area (Å²) in [6.45, 7) is 1.53. The molecule has 0 amide bonds. The first kappa shape index (κ1) is 12.4. The number of hydrogen-bond acceptors (Lipinski definition) is 4. The maximum Gasteiger partial charge on any atom is 0.340 e. The molecule has 0 unspecified atom stereocenters. The molecule has 7 heteroatoms. The normalized spacial score (nSPS) is 10.4. The Morgan fingerprint density at radius 2 is 2.17 bits per heavy atom. The van der Waals surface area contributed by atoms with Crippen LogP contribution in [-0.4, -0.2) is 15.4 Å². The van der Waals surface area contributed by atoms with E-state index in [-0.39, 0.29) is 16.3 Å². The van der Waals surface area contributed by atoms with Crippen LogP contribution >= 0.6 is 11.5 Å². The van der Waals surface area contributed by atoms with Gasteiger partial charge in [-0.2, -0.15) is 4.37 Å². The van der Waals surface area contributed by atoms with Gasteiger partial charge >= 0.3 is 5.97 Å². The number of aryl methyl sites for hydroxylation is 1. The number of nitrogens with zero attached hydrogens (tertiary/aromatic N) is 1. The number of anilines is 2. The van der Waals surface area contributed by atoms with E-state index in [0.29, 0.717) is 5.69 Å². The number of benzene rings is 1. The lowest BCUT2D eigenvalue weighted by molar-refractivity contribution is 0.0697. The molecule has 2 aromatic rings. The summed E-state index contributed by atoms with van der Waals surface area (Å²) in [5.41, 5.74) is 0.164. The molecule has 1 aromatic heterocycles. The molecular weight excluding hydrogens is 262 g/mol. The largest absolute Gasteiger partial charge is 0.478 e. The van der Waals surface area contributed by atoms with E-state index in [1.807, 2.05) is 0 Å². The number of aromatic nitrogens is 1. The third kappa shape index (κ3) is 2.30. The molecule has 2 N–H and O–H groups in total. The second kappa shape index (κ2) is 4.69. The third-order valence-electron chi connectivity index (χ3n) is 2.25. The lowest BCUT2D eigenvalue weighted by Gasteiger charge is -2.06. The summed E-state index contributed by atoms with van der Waals surface area (Å²) in [4.78, 5) is 11.0. The molecular formula is C11H8F2N2O2S. The summed E-state index contributed by atoms with van der Waals surface area (Å²) in [7, 11) is 0. The third-order valence-corrected chi connectivity index (χ3v) is 3.11. The van der Waals surface area contributed by atoms with Gasteiger partial charge < -0.3 is 10.4 Å². The second-order valence-electron chi connectivity index (χ2n) is 3.53. The average Bonchev–Trinajstić information content (AvgIpc) is 2.65. The topological polar surface area (TPSA) is 62.2 Å². The minimum atomic E-state index is -1.17. The van der Waals surface area contributed by atoms with Gasteiger partial charge in [-0.3, -0.25) is 0 Å². The average molecular weight is 270 g/mol. The van der Waals surface area contributed by atoms with Gasteiger partial charge in [0.2, 0.25) is 0 Å². The highest BCUT2D eigenvalue weighted by molar-refractivity contribution is 7.10. The molecule has 0 radical (unpaired) electrons. The van der Waals surface area contributed by atoms with Gasteiger partial charge in [0.25, 0.3) is 0 Å². The Bertz CT molecular complexity index is 613. The molecule has 0 aliphatic carbocycles. The fraction of sp³-hybridized carbons (Fsp3) is 0.0909. The van der Waals surface area contributed by atoms with Gasteiger partial charge in [0.1, 0.15) is 22.2 Å². The van der Waals surface area contributed by atoms with Crippen molar-refractivity contribution >= 4 is 28.2 Å². The van der Waals surface area contributed by atoms with Crippen molar-refractivity contribution in [1.82, 2.24) is 4.37 Å². The van der Waals surface area contributed by atoms with E-state index >= 15 is 0 Å². The summed E-state index contributed by atoms with van der Waals surface area (Å²) >= 11 is 0.883. The van der Waals surface area contributed by atoms with Crippen molar-refractivity contribution in [1.29, 1.82) is 0 Å². The maximum absolute atomic E-state index is 13.4. The van der Waals surface area contributed by atoms with E-state index in [4.69, 9.17) is 5.11 Å². The zero-order chi connectivity index (χ0) is 13.3. The van der Waals surface area contributed by atoms with Gasteiger partial charge in [0.15, 0.2) is 0 Å². The molecule has 94 valence electrons. The van der Waals surface area contributed by atoms with Crippen molar-refractivity contribution in [2.75, 3.05) is 5.32 Å². The Kier molecular flexibility index (Phi) is 3.24. The molecule has 4 nitrogen and oxygen atoms in total. The van der Waals surface area contributed by atoms with Crippen LogP contribution < -0.4 is 5.32 Å². The molecule has 0 atom stereocenters. The fourth-order valence-corrected chi connectivity index (χ4v) is 2.22. The Morgan fingerprint density at radius 1 is 1.44 bits per heavy atom.